The third-order valence-electron chi connectivity index (χ3n) is 2.14. The van der Waals surface area contributed by atoms with Gasteiger partial charge in [0.15, 0.2) is 0 Å². The van der Waals surface area contributed by atoms with Crippen molar-refractivity contribution < 1.29 is 17.9 Å². The van der Waals surface area contributed by atoms with Crippen molar-refractivity contribution in [3.63, 3.8) is 0 Å². The van der Waals surface area contributed by atoms with Crippen molar-refractivity contribution in [3.8, 4) is 5.75 Å². The number of primary amides is 1. The highest BCUT2D eigenvalue weighted by atomic mass is 32.2. The van der Waals surface area contributed by atoms with Crippen LogP contribution in [0.15, 0.2) is 23.1 Å². The van der Waals surface area contributed by atoms with Crippen molar-refractivity contribution in [1.82, 2.24) is 4.72 Å². The van der Waals surface area contributed by atoms with Crippen LogP contribution in [0.3, 0.4) is 0 Å². The predicted molar refractivity (Wildman–Crippen MR) is 67.0 cm³/mol. The number of ether oxygens (including phenoxy) is 1. The Morgan fingerprint density at radius 1 is 1.39 bits per heavy atom. The average Bonchev–Trinajstić information content (AvgIpc) is 2.26. The first-order chi connectivity index (χ1) is 8.27. The van der Waals surface area contributed by atoms with Gasteiger partial charge in [-0.25, -0.2) is 13.1 Å². The largest absolute Gasteiger partial charge is 0.496 e. The van der Waals surface area contributed by atoms with Crippen LogP contribution in [0.2, 0.25) is 0 Å². The normalized spacial score (nSPS) is 11.6. The monoisotopic (exact) mass is 272 g/mol. The maximum absolute atomic E-state index is 11.9. The summed E-state index contributed by atoms with van der Waals surface area (Å²) in [7, 11) is -2.28. The highest BCUT2D eigenvalue weighted by Gasteiger charge is 2.19. The van der Waals surface area contributed by atoms with Gasteiger partial charge in [0, 0.05) is 6.04 Å². The molecular weight excluding hydrogens is 256 g/mol. The lowest BCUT2D eigenvalue weighted by Crippen LogP contribution is -2.30. The second kappa shape index (κ2) is 5.36. The number of carbonyl (C=O) groups excluding carboxylic acids is 1. The van der Waals surface area contributed by atoms with E-state index in [0.717, 1.165) is 0 Å². The molecule has 0 atom stereocenters. The highest BCUT2D eigenvalue weighted by molar-refractivity contribution is 7.89. The number of rotatable bonds is 5. The van der Waals surface area contributed by atoms with Gasteiger partial charge in [0.25, 0.3) is 5.91 Å². The molecule has 6 nitrogen and oxygen atoms in total. The van der Waals surface area contributed by atoms with Gasteiger partial charge in [0.2, 0.25) is 10.0 Å². The van der Waals surface area contributed by atoms with Crippen molar-refractivity contribution >= 4 is 15.9 Å². The Balaban J connectivity index is 3.28. The molecule has 100 valence electrons. The fraction of sp³-hybridized carbons (Fsp3) is 0.364. The maximum Gasteiger partial charge on any atom is 0.252 e. The molecule has 0 fully saturated rings. The molecular formula is C11H16N2O4S. The summed E-state index contributed by atoms with van der Waals surface area (Å²) in [5.74, 6) is -0.501. The van der Waals surface area contributed by atoms with Crippen LogP contribution < -0.4 is 15.2 Å². The van der Waals surface area contributed by atoms with E-state index >= 15 is 0 Å². The quantitative estimate of drug-likeness (QED) is 0.814. The zero-order chi connectivity index (χ0) is 13.9. The Morgan fingerprint density at radius 3 is 2.44 bits per heavy atom. The first-order valence-corrected chi connectivity index (χ1v) is 6.76. The number of nitrogens with one attached hydrogen (secondary N) is 1. The number of methoxy groups -OCH3 is 1. The summed E-state index contributed by atoms with van der Waals surface area (Å²) in [6, 6.07) is 3.71. The van der Waals surface area contributed by atoms with E-state index in [1.807, 2.05) is 0 Å². The number of hydrogen-bond acceptors (Lipinski definition) is 4. The Labute approximate surface area is 106 Å². The van der Waals surface area contributed by atoms with Gasteiger partial charge in [-0.2, -0.15) is 0 Å². The second-order valence-corrected chi connectivity index (χ2v) is 5.72. The zero-order valence-electron chi connectivity index (χ0n) is 10.4. The number of benzene rings is 1. The van der Waals surface area contributed by atoms with Crippen molar-refractivity contribution in [2.45, 2.75) is 24.8 Å². The Morgan fingerprint density at radius 2 is 2.00 bits per heavy atom. The van der Waals surface area contributed by atoms with Crippen LogP contribution in [0.5, 0.6) is 5.75 Å². The van der Waals surface area contributed by atoms with Gasteiger partial charge in [-0.15, -0.1) is 0 Å². The van der Waals surface area contributed by atoms with E-state index in [2.05, 4.69) is 4.72 Å². The molecule has 0 saturated heterocycles. The summed E-state index contributed by atoms with van der Waals surface area (Å²) in [4.78, 5) is 11.2. The van der Waals surface area contributed by atoms with Crippen LogP contribution in [0.1, 0.15) is 24.2 Å². The molecule has 18 heavy (non-hydrogen) atoms. The third kappa shape index (κ3) is 3.21. The molecule has 0 radical (unpaired) electrons. The van der Waals surface area contributed by atoms with Crippen LogP contribution in [0.25, 0.3) is 0 Å². The predicted octanol–water partition coefficient (Wildman–Crippen LogP) is 0.481. The van der Waals surface area contributed by atoms with Gasteiger partial charge in [-0.1, -0.05) is 0 Å². The smallest absolute Gasteiger partial charge is 0.252 e. The second-order valence-electron chi connectivity index (χ2n) is 4.00. The fourth-order valence-corrected chi connectivity index (χ4v) is 2.70. The van der Waals surface area contributed by atoms with E-state index in [-0.39, 0.29) is 22.3 Å². The molecule has 1 rings (SSSR count). The van der Waals surface area contributed by atoms with E-state index < -0.39 is 15.9 Å². The summed E-state index contributed by atoms with van der Waals surface area (Å²) in [6.45, 7) is 3.41. The van der Waals surface area contributed by atoms with E-state index in [1.54, 1.807) is 13.8 Å². The van der Waals surface area contributed by atoms with Crippen molar-refractivity contribution in [3.05, 3.63) is 23.8 Å². The first kappa shape index (κ1) is 14.5. The Kier molecular flexibility index (Phi) is 4.31. The number of amides is 1. The van der Waals surface area contributed by atoms with Gasteiger partial charge >= 0.3 is 0 Å². The molecule has 0 unspecified atom stereocenters. The van der Waals surface area contributed by atoms with Crippen molar-refractivity contribution in [1.29, 1.82) is 0 Å². The molecule has 0 aliphatic carbocycles. The molecule has 0 saturated carbocycles. The maximum atomic E-state index is 11.9. The van der Waals surface area contributed by atoms with Crippen LogP contribution in [0, 0.1) is 0 Å². The van der Waals surface area contributed by atoms with Crippen molar-refractivity contribution in [2.24, 2.45) is 5.73 Å². The third-order valence-corrected chi connectivity index (χ3v) is 3.79. The van der Waals surface area contributed by atoms with E-state index in [0.29, 0.717) is 0 Å². The number of nitrogens with two attached hydrogens (primary N) is 1. The summed E-state index contributed by atoms with van der Waals surface area (Å²) in [6.07, 6.45) is 0. The van der Waals surface area contributed by atoms with Crippen LogP contribution in [0.4, 0.5) is 0 Å². The van der Waals surface area contributed by atoms with Gasteiger partial charge in [-0.05, 0) is 32.0 Å². The molecule has 7 heteroatoms. The van der Waals surface area contributed by atoms with E-state index in [9.17, 15) is 13.2 Å². The van der Waals surface area contributed by atoms with E-state index in [1.165, 1.54) is 25.3 Å². The molecule has 0 spiro atoms. The van der Waals surface area contributed by atoms with Gasteiger partial charge in [0.1, 0.15) is 5.75 Å². The minimum absolute atomic E-state index is 0.0224. The number of carbonyl (C=O) groups is 1. The lowest BCUT2D eigenvalue weighted by atomic mass is 10.2. The molecule has 0 bridgehead atoms. The zero-order valence-corrected chi connectivity index (χ0v) is 11.2. The molecule has 1 amide bonds. The minimum atomic E-state index is -3.65. The summed E-state index contributed by atoms with van der Waals surface area (Å²) in [5, 5.41) is 0. The lowest BCUT2D eigenvalue weighted by molar-refractivity contribution is 0.0997. The SMILES string of the molecule is COc1ccc(S(=O)(=O)NC(C)C)cc1C(N)=O. The molecule has 0 aromatic heterocycles. The molecule has 1 aromatic carbocycles. The Hall–Kier alpha value is -1.60. The highest BCUT2D eigenvalue weighted by Crippen LogP contribution is 2.22. The van der Waals surface area contributed by atoms with Gasteiger partial charge in [0.05, 0.1) is 17.6 Å². The molecule has 1 aromatic rings. The molecule has 3 N–H and O–H groups in total. The molecule has 0 heterocycles. The number of sulfonamides is 1. The van der Waals surface area contributed by atoms with Crippen LogP contribution >= 0.6 is 0 Å². The van der Waals surface area contributed by atoms with Gasteiger partial charge in [-0.3, -0.25) is 4.79 Å². The minimum Gasteiger partial charge on any atom is -0.496 e. The van der Waals surface area contributed by atoms with Gasteiger partial charge < -0.3 is 10.5 Å². The van der Waals surface area contributed by atoms with Crippen LogP contribution in [-0.2, 0) is 10.0 Å². The van der Waals surface area contributed by atoms with Crippen molar-refractivity contribution in [2.75, 3.05) is 7.11 Å². The fourth-order valence-electron chi connectivity index (χ4n) is 1.43. The standard InChI is InChI=1S/C11H16N2O4S/c1-7(2)13-18(15,16)8-4-5-10(17-3)9(6-8)11(12)14/h4-7,13H,1-3H3,(H2,12,14). The summed E-state index contributed by atoms with van der Waals surface area (Å²) >= 11 is 0. The lowest BCUT2D eigenvalue weighted by Gasteiger charge is -2.11. The van der Waals surface area contributed by atoms with E-state index in [4.69, 9.17) is 10.5 Å². The number of hydrogen-bond donors (Lipinski definition) is 2. The Bertz CT molecular complexity index is 552. The first-order valence-electron chi connectivity index (χ1n) is 5.28. The molecule has 0 aliphatic heterocycles. The average molecular weight is 272 g/mol. The summed E-state index contributed by atoms with van der Waals surface area (Å²) < 4.78 is 31.2. The topological polar surface area (TPSA) is 98.5 Å². The summed E-state index contributed by atoms with van der Waals surface area (Å²) in [5.41, 5.74) is 5.20. The van der Waals surface area contributed by atoms with Crippen LogP contribution in [-0.4, -0.2) is 27.5 Å². The molecule has 0 aliphatic rings.